The van der Waals surface area contributed by atoms with E-state index in [4.69, 9.17) is 10.8 Å². The molecule has 12 heavy (non-hydrogen) atoms. The maximum atomic E-state index is 10.4. The number of carboxylic acid groups (broad SMARTS) is 1. The Morgan fingerprint density at radius 2 is 2.17 bits per heavy atom. The molecule has 0 saturated heterocycles. The van der Waals surface area contributed by atoms with Gasteiger partial charge in [0.05, 0.1) is 0 Å². The number of rotatable bonds is 6. The summed E-state index contributed by atoms with van der Waals surface area (Å²) in [6, 6.07) is -0.518. The van der Waals surface area contributed by atoms with Gasteiger partial charge in [-0.2, -0.15) is 0 Å². The molecule has 0 bridgehead atoms. The molecule has 2 atom stereocenters. The highest BCUT2D eigenvalue weighted by atomic mass is 16.4. The van der Waals surface area contributed by atoms with Crippen molar-refractivity contribution < 1.29 is 9.90 Å². The molecule has 0 saturated carbocycles. The maximum Gasteiger partial charge on any atom is 0.320 e. The van der Waals surface area contributed by atoms with Crippen LogP contribution in [0.1, 0.15) is 26.7 Å². The van der Waals surface area contributed by atoms with Crippen molar-refractivity contribution in [1.82, 2.24) is 5.32 Å². The number of carbonyl (C=O) groups is 1. The average Bonchev–Trinajstić information content (AvgIpc) is 2.03. The molecule has 0 rings (SSSR count). The van der Waals surface area contributed by atoms with Gasteiger partial charge in [0.25, 0.3) is 0 Å². The molecular weight excluding hydrogens is 156 g/mol. The second-order valence-corrected chi connectivity index (χ2v) is 2.84. The summed E-state index contributed by atoms with van der Waals surface area (Å²) >= 11 is 0. The molecule has 2 unspecified atom stereocenters. The predicted molar refractivity (Wildman–Crippen MR) is 48.0 cm³/mol. The third-order valence-electron chi connectivity index (χ3n) is 1.84. The first-order chi connectivity index (χ1) is 5.61. The molecule has 0 aromatic rings. The van der Waals surface area contributed by atoms with Crippen LogP contribution in [0.15, 0.2) is 0 Å². The topological polar surface area (TPSA) is 75.3 Å². The zero-order valence-corrected chi connectivity index (χ0v) is 7.71. The predicted octanol–water partition coefficient (Wildman–Crippen LogP) is 0.177. The van der Waals surface area contributed by atoms with Crippen molar-refractivity contribution in [3.05, 3.63) is 0 Å². The Bertz CT molecular complexity index is 139. The first kappa shape index (κ1) is 11.4. The van der Waals surface area contributed by atoms with Gasteiger partial charge in [0.15, 0.2) is 0 Å². The minimum Gasteiger partial charge on any atom is -0.480 e. The summed E-state index contributed by atoms with van der Waals surface area (Å²) in [5.74, 6) is -0.925. The molecule has 0 aromatic heterocycles. The molecule has 72 valence electrons. The number of hydrogen-bond acceptors (Lipinski definition) is 3. The molecule has 0 aromatic carbocycles. The highest BCUT2D eigenvalue weighted by Crippen LogP contribution is 2.00. The number of aliphatic carboxylic acids is 1. The van der Waals surface area contributed by atoms with Gasteiger partial charge >= 0.3 is 5.97 Å². The standard InChI is InChI=1S/C8H18N2O2/c1-3-6(10-4-2)5-7(9)8(11)12/h6-7,10H,3-5,9H2,1-2H3,(H,11,12). The Balaban J connectivity index is 3.76. The van der Waals surface area contributed by atoms with E-state index in [1.807, 2.05) is 13.8 Å². The molecular formula is C8H18N2O2. The largest absolute Gasteiger partial charge is 0.480 e. The molecule has 0 radical (unpaired) electrons. The van der Waals surface area contributed by atoms with E-state index in [-0.39, 0.29) is 6.04 Å². The van der Waals surface area contributed by atoms with Gasteiger partial charge in [0.2, 0.25) is 0 Å². The summed E-state index contributed by atoms with van der Waals surface area (Å²) in [4.78, 5) is 10.4. The van der Waals surface area contributed by atoms with Crippen LogP contribution < -0.4 is 11.1 Å². The zero-order valence-electron chi connectivity index (χ0n) is 7.71. The van der Waals surface area contributed by atoms with Crippen molar-refractivity contribution in [3.63, 3.8) is 0 Å². The van der Waals surface area contributed by atoms with Gasteiger partial charge in [0, 0.05) is 6.04 Å². The highest BCUT2D eigenvalue weighted by molar-refractivity contribution is 5.73. The second kappa shape index (κ2) is 5.97. The maximum absolute atomic E-state index is 10.4. The Hall–Kier alpha value is -0.610. The van der Waals surface area contributed by atoms with Crippen LogP contribution in [0.4, 0.5) is 0 Å². The second-order valence-electron chi connectivity index (χ2n) is 2.84. The van der Waals surface area contributed by atoms with Crippen LogP contribution >= 0.6 is 0 Å². The summed E-state index contributed by atoms with van der Waals surface area (Å²) < 4.78 is 0. The Morgan fingerprint density at radius 3 is 2.50 bits per heavy atom. The fraction of sp³-hybridized carbons (Fsp3) is 0.875. The first-order valence-electron chi connectivity index (χ1n) is 4.33. The van der Waals surface area contributed by atoms with Crippen molar-refractivity contribution in [3.8, 4) is 0 Å². The van der Waals surface area contributed by atoms with Crippen LogP contribution in [0.3, 0.4) is 0 Å². The summed E-state index contributed by atoms with van der Waals surface area (Å²) in [5.41, 5.74) is 5.38. The van der Waals surface area contributed by atoms with E-state index in [0.29, 0.717) is 6.42 Å². The normalized spacial score (nSPS) is 15.6. The summed E-state index contributed by atoms with van der Waals surface area (Å²) in [6.07, 6.45) is 1.41. The smallest absolute Gasteiger partial charge is 0.320 e. The van der Waals surface area contributed by atoms with Crippen molar-refractivity contribution in [2.75, 3.05) is 6.54 Å². The summed E-state index contributed by atoms with van der Waals surface area (Å²) in [6.45, 7) is 4.86. The van der Waals surface area contributed by atoms with E-state index in [1.54, 1.807) is 0 Å². The number of nitrogens with two attached hydrogens (primary N) is 1. The van der Waals surface area contributed by atoms with E-state index in [0.717, 1.165) is 13.0 Å². The van der Waals surface area contributed by atoms with Gasteiger partial charge in [-0.25, -0.2) is 0 Å². The Morgan fingerprint density at radius 1 is 1.58 bits per heavy atom. The van der Waals surface area contributed by atoms with Crippen molar-refractivity contribution >= 4 is 5.97 Å². The van der Waals surface area contributed by atoms with E-state index >= 15 is 0 Å². The van der Waals surface area contributed by atoms with Crippen molar-refractivity contribution in [2.24, 2.45) is 5.73 Å². The third kappa shape index (κ3) is 4.31. The number of hydrogen-bond donors (Lipinski definition) is 3. The van der Waals surface area contributed by atoms with E-state index < -0.39 is 12.0 Å². The molecule has 4 nitrogen and oxygen atoms in total. The Labute approximate surface area is 73.1 Å². The highest BCUT2D eigenvalue weighted by Gasteiger charge is 2.16. The molecule has 4 heteroatoms. The molecule has 0 aliphatic heterocycles. The van der Waals surface area contributed by atoms with E-state index in [2.05, 4.69) is 5.32 Å². The third-order valence-corrected chi connectivity index (χ3v) is 1.84. The molecule has 0 heterocycles. The van der Waals surface area contributed by atoms with Gasteiger partial charge in [-0.05, 0) is 19.4 Å². The van der Waals surface area contributed by atoms with E-state index in [1.165, 1.54) is 0 Å². The first-order valence-corrected chi connectivity index (χ1v) is 4.33. The fourth-order valence-corrected chi connectivity index (χ4v) is 1.09. The monoisotopic (exact) mass is 174 g/mol. The lowest BCUT2D eigenvalue weighted by atomic mass is 10.1. The van der Waals surface area contributed by atoms with Gasteiger partial charge in [-0.15, -0.1) is 0 Å². The van der Waals surface area contributed by atoms with Gasteiger partial charge in [0.1, 0.15) is 6.04 Å². The van der Waals surface area contributed by atoms with E-state index in [9.17, 15) is 4.79 Å². The lowest BCUT2D eigenvalue weighted by molar-refractivity contribution is -0.138. The number of carboxylic acids is 1. The minimum absolute atomic E-state index is 0.223. The molecule has 0 aliphatic carbocycles. The van der Waals surface area contributed by atoms with Crippen LogP contribution in [-0.2, 0) is 4.79 Å². The summed E-state index contributed by atoms with van der Waals surface area (Å²) in [7, 11) is 0. The van der Waals surface area contributed by atoms with Crippen LogP contribution in [0.2, 0.25) is 0 Å². The zero-order chi connectivity index (χ0) is 9.56. The molecule has 0 fully saturated rings. The van der Waals surface area contributed by atoms with Crippen molar-refractivity contribution in [1.29, 1.82) is 0 Å². The van der Waals surface area contributed by atoms with Crippen LogP contribution in [-0.4, -0.2) is 29.7 Å². The van der Waals surface area contributed by atoms with Gasteiger partial charge < -0.3 is 16.2 Å². The van der Waals surface area contributed by atoms with Crippen LogP contribution in [0.5, 0.6) is 0 Å². The molecule has 0 amide bonds. The van der Waals surface area contributed by atoms with Crippen LogP contribution in [0.25, 0.3) is 0 Å². The van der Waals surface area contributed by atoms with Crippen molar-refractivity contribution in [2.45, 2.75) is 38.8 Å². The lowest BCUT2D eigenvalue weighted by Gasteiger charge is -2.17. The SMILES string of the molecule is CCNC(CC)CC(N)C(=O)O. The number of nitrogens with one attached hydrogen (secondary N) is 1. The fourth-order valence-electron chi connectivity index (χ4n) is 1.09. The quantitative estimate of drug-likeness (QED) is 0.537. The van der Waals surface area contributed by atoms with Crippen LogP contribution in [0, 0.1) is 0 Å². The van der Waals surface area contributed by atoms with Gasteiger partial charge in [-0.1, -0.05) is 13.8 Å². The molecule has 0 aliphatic rings. The van der Waals surface area contributed by atoms with Gasteiger partial charge in [-0.3, -0.25) is 4.79 Å². The summed E-state index contributed by atoms with van der Waals surface area (Å²) in [5, 5.41) is 11.7. The average molecular weight is 174 g/mol. The Kier molecular flexibility index (Phi) is 5.66. The molecule has 0 spiro atoms. The minimum atomic E-state index is -0.925. The lowest BCUT2D eigenvalue weighted by Crippen LogP contribution is -2.39. The molecule has 4 N–H and O–H groups in total.